The van der Waals surface area contributed by atoms with E-state index >= 15 is 0 Å². The molecular formula is C110H264. The van der Waals surface area contributed by atoms with Crippen LogP contribution in [0.2, 0.25) is 0 Å². The summed E-state index contributed by atoms with van der Waals surface area (Å²) in [5.74, 6) is 19.5. The maximum atomic E-state index is 2.22. The lowest BCUT2D eigenvalue weighted by Gasteiger charge is -1.90. The van der Waals surface area contributed by atoms with Gasteiger partial charge >= 0.3 is 0 Å². The molecule has 704 valence electrons. The molecule has 0 rings (SSSR count). The Morgan fingerprint density at radius 1 is 0.0636 bits per heavy atom. The Morgan fingerprint density at radius 2 is 0.0727 bits per heavy atom. The van der Waals surface area contributed by atoms with E-state index in [0.717, 1.165) is 130 Å². The first-order chi connectivity index (χ1) is 49.9. The van der Waals surface area contributed by atoms with E-state index in [2.05, 4.69) is 457 Å². The van der Waals surface area contributed by atoms with Crippen molar-refractivity contribution in [2.75, 3.05) is 0 Å². The smallest absolute Gasteiger partial charge is 0.0474 e. The van der Waals surface area contributed by atoms with Gasteiger partial charge in [-0.25, -0.2) is 0 Å². The number of hydrogen-bond donors (Lipinski definition) is 0. The van der Waals surface area contributed by atoms with Gasteiger partial charge < -0.3 is 0 Å². The first-order valence-electron chi connectivity index (χ1n) is 49.9. The van der Waals surface area contributed by atoms with E-state index in [9.17, 15) is 0 Å². The fourth-order valence-electron chi connectivity index (χ4n) is 0. The lowest BCUT2D eigenvalue weighted by Crippen LogP contribution is -1.77. The summed E-state index contributed by atoms with van der Waals surface area (Å²) >= 11 is 0. The second-order valence-corrected chi connectivity index (χ2v) is 39.6. The predicted octanol–water partition coefficient (Wildman–Crippen LogP) is 45.2. The summed E-state index contributed by atoms with van der Waals surface area (Å²) in [4.78, 5) is 0. The summed E-state index contributed by atoms with van der Waals surface area (Å²) in [6, 6.07) is 0. The maximum Gasteiger partial charge on any atom is -0.0474 e. The molecule has 0 heterocycles. The molecule has 0 saturated carbocycles. The van der Waals surface area contributed by atoms with Crippen molar-refractivity contribution >= 4 is 0 Å². The first-order valence-corrected chi connectivity index (χ1v) is 49.9. The van der Waals surface area contributed by atoms with E-state index in [4.69, 9.17) is 0 Å². The molecule has 0 bridgehead atoms. The first kappa shape index (κ1) is 169. The Hall–Kier alpha value is 0. The Kier molecular flexibility index (Phi) is 252. The van der Waals surface area contributed by atoms with Crippen molar-refractivity contribution < 1.29 is 0 Å². The summed E-state index contributed by atoms with van der Waals surface area (Å²) in [6.07, 6.45) is 28.7. The van der Waals surface area contributed by atoms with Gasteiger partial charge in [0.1, 0.15) is 0 Å². The average Bonchev–Trinajstić information content (AvgIpc) is 3.63. The molecular weight excluding hydrogens is 1320 g/mol. The molecule has 0 aromatic rings. The fraction of sp³-hybridized carbons (Fsp3) is 1.00. The van der Waals surface area contributed by atoms with E-state index in [1.807, 2.05) is 0 Å². The van der Waals surface area contributed by atoms with Crippen LogP contribution >= 0.6 is 0 Å². The number of hydrogen-bond acceptors (Lipinski definition) is 0. The molecule has 0 spiro atoms. The summed E-state index contributed by atoms with van der Waals surface area (Å²) in [7, 11) is 0. The van der Waals surface area contributed by atoms with Crippen LogP contribution in [-0.4, -0.2) is 0 Å². The van der Waals surface area contributed by atoms with Gasteiger partial charge in [0, 0.05) is 0 Å². The van der Waals surface area contributed by atoms with Crippen molar-refractivity contribution in [3.63, 3.8) is 0 Å². The van der Waals surface area contributed by atoms with Crippen molar-refractivity contribution in [2.45, 2.75) is 598 Å². The molecule has 0 saturated heterocycles. The van der Waals surface area contributed by atoms with Crippen molar-refractivity contribution in [1.82, 2.24) is 0 Å². The molecule has 0 nitrogen and oxygen atoms in total. The highest BCUT2D eigenvalue weighted by Crippen LogP contribution is 2.03. The van der Waals surface area contributed by atoms with Gasteiger partial charge in [0.2, 0.25) is 0 Å². The van der Waals surface area contributed by atoms with Crippen LogP contribution in [0.25, 0.3) is 0 Å². The van der Waals surface area contributed by atoms with Crippen molar-refractivity contribution in [1.29, 1.82) is 0 Å². The largest absolute Gasteiger partial charge is 0.0651 e. The Labute approximate surface area is 724 Å². The van der Waals surface area contributed by atoms with Crippen LogP contribution in [0.3, 0.4) is 0 Å². The van der Waals surface area contributed by atoms with Crippen LogP contribution in [0, 0.1) is 130 Å². The quantitative estimate of drug-likeness (QED) is 0.101. The van der Waals surface area contributed by atoms with Crippen LogP contribution in [0.5, 0.6) is 0 Å². The Balaban J connectivity index is -0.0000000369. The molecule has 0 radical (unpaired) electrons. The zero-order chi connectivity index (χ0) is 94.3. The third-order valence-electron chi connectivity index (χ3n) is 18.0. The highest BCUT2D eigenvalue weighted by Gasteiger charge is 1.89. The second-order valence-electron chi connectivity index (χ2n) is 39.6. The SMILES string of the molecule is CCC(C)C.CCC(C)C.CCC(C)C.CCC(C)C.CCC(C)C.CCC(C)C.CCC(C)C.CCC(C)C.CCC(C)C.CCC(C)C.CCC(C)C.CCC(C)C.CCC(C)C.CCC(C)C.CCC(C)C.CCC(C)C.CCC(C)C.CCC(C)C.CCC(C)C.CCC(C)C.CCC(C)C.CCC(C)C. The van der Waals surface area contributed by atoms with Crippen molar-refractivity contribution in [3.05, 3.63) is 0 Å². The number of rotatable bonds is 22. The van der Waals surface area contributed by atoms with Gasteiger partial charge in [-0.3, -0.25) is 0 Å². The van der Waals surface area contributed by atoms with E-state index in [-0.39, 0.29) is 0 Å². The zero-order valence-electron chi connectivity index (χ0n) is 94.3. The Bertz CT molecular complexity index is 700. The highest BCUT2D eigenvalue weighted by atomic mass is 14.0. The van der Waals surface area contributed by atoms with Crippen LogP contribution in [-0.2, 0) is 0 Å². The zero-order valence-corrected chi connectivity index (χ0v) is 94.3. The minimum atomic E-state index is 0.884. The van der Waals surface area contributed by atoms with E-state index in [1.54, 1.807) is 0 Å². The van der Waals surface area contributed by atoms with Crippen molar-refractivity contribution in [2.24, 2.45) is 130 Å². The van der Waals surface area contributed by atoms with Gasteiger partial charge in [-0.1, -0.05) is 598 Å². The van der Waals surface area contributed by atoms with Crippen LogP contribution in [0.15, 0.2) is 0 Å². The van der Waals surface area contributed by atoms with Crippen LogP contribution in [0.4, 0.5) is 0 Å². The van der Waals surface area contributed by atoms with Gasteiger partial charge in [-0.15, -0.1) is 0 Å². The van der Waals surface area contributed by atoms with Crippen molar-refractivity contribution in [3.8, 4) is 0 Å². The summed E-state index contributed by atoms with van der Waals surface area (Å²) in [5.41, 5.74) is 0. The monoisotopic (exact) mass is 1590 g/mol. The predicted molar refractivity (Wildman–Crippen MR) is 553 cm³/mol. The molecule has 0 aliphatic rings. The normalized spacial score (nSPS) is 9.60. The lowest BCUT2D eigenvalue weighted by atomic mass is 10.2. The molecule has 0 amide bonds. The minimum absolute atomic E-state index is 0.884. The molecule has 0 aromatic heterocycles. The van der Waals surface area contributed by atoms with Crippen LogP contribution in [0.1, 0.15) is 598 Å². The van der Waals surface area contributed by atoms with Gasteiger partial charge in [-0.2, -0.15) is 0 Å². The van der Waals surface area contributed by atoms with Gasteiger partial charge in [0.15, 0.2) is 0 Å². The van der Waals surface area contributed by atoms with Gasteiger partial charge in [-0.05, 0) is 130 Å². The molecule has 110 heavy (non-hydrogen) atoms. The molecule has 0 heteroatoms. The molecule has 0 unspecified atom stereocenters. The molecule has 0 aliphatic heterocycles. The molecule has 0 aromatic carbocycles. The van der Waals surface area contributed by atoms with E-state index in [1.165, 1.54) is 141 Å². The molecule has 0 atom stereocenters. The summed E-state index contributed by atoms with van der Waals surface area (Å²) in [6.45, 7) is 146. The molecule has 0 N–H and O–H groups in total. The van der Waals surface area contributed by atoms with E-state index in [0.29, 0.717) is 0 Å². The lowest BCUT2D eigenvalue weighted by molar-refractivity contribution is 0.626. The second kappa shape index (κ2) is 164. The summed E-state index contributed by atoms with van der Waals surface area (Å²) in [5, 5.41) is 0. The van der Waals surface area contributed by atoms with E-state index < -0.39 is 0 Å². The Morgan fingerprint density at radius 3 is 0.0727 bits per heavy atom. The van der Waals surface area contributed by atoms with Gasteiger partial charge in [0.25, 0.3) is 0 Å². The topological polar surface area (TPSA) is 0 Å². The van der Waals surface area contributed by atoms with Gasteiger partial charge in [0.05, 0.1) is 0 Å². The highest BCUT2D eigenvalue weighted by molar-refractivity contribution is 4.42. The fourth-order valence-corrected chi connectivity index (χ4v) is 0. The van der Waals surface area contributed by atoms with Crippen LogP contribution < -0.4 is 0 Å². The third kappa shape index (κ3) is 639. The standard InChI is InChI=1S/22C5H12/c22*1-4-5(2)3/h22*5H,4H2,1-3H3. The molecule has 0 aliphatic carbocycles. The minimum Gasteiger partial charge on any atom is -0.0651 e. The third-order valence-corrected chi connectivity index (χ3v) is 18.0. The average molecular weight is 1590 g/mol. The summed E-state index contributed by atoms with van der Waals surface area (Å²) < 4.78 is 0. The molecule has 0 fully saturated rings. The maximum absolute atomic E-state index is 2.22.